The fourth-order valence-corrected chi connectivity index (χ4v) is 7.89. The van der Waals surface area contributed by atoms with Crippen molar-refractivity contribution >= 4 is 49.9 Å². The number of nitrogens with zero attached hydrogens (tertiary/aromatic N) is 8. The number of aromatic nitrogens is 5. The van der Waals surface area contributed by atoms with Gasteiger partial charge in [0.25, 0.3) is 0 Å². The lowest BCUT2D eigenvalue weighted by Crippen LogP contribution is -2.40. The van der Waals surface area contributed by atoms with Crippen LogP contribution in [-0.4, -0.2) is 90.1 Å². The number of morpholine rings is 1. The second-order valence-electron chi connectivity index (χ2n) is 12.5. The number of nitrogens with one attached hydrogen (secondary N) is 1. The SMILES string of the molecule is Cc1cccc2nc(C(=O)NS(=O)(=O)C3CC3)nc(N3CCCCC3c3cc4nc(N5CCC5)cc(N5CCOCC5)n4n3)c12. The van der Waals surface area contributed by atoms with Crippen molar-refractivity contribution in [2.75, 3.05) is 60.6 Å². The summed E-state index contributed by atoms with van der Waals surface area (Å²) in [5, 5.41) is 5.50. The van der Waals surface area contributed by atoms with E-state index in [-0.39, 0.29) is 11.9 Å². The summed E-state index contributed by atoms with van der Waals surface area (Å²) in [7, 11) is -3.75. The summed E-state index contributed by atoms with van der Waals surface area (Å²) in [6.45, 7) is 7.64. The summed E-state index contributed by atoms with van der Waals surface area (Å²) < 4.78 is 35.0. The molecule has 1 atom stereocenters. The highest BCUT2D eigenvalue weighted by molar-refractivity contribution is 7.91. The molecule has 236 valence electrons. The van der Waals surface area contributed by atoms with Crippen LogP contribution in [0.15, 0.2) is 30.3 Å². The number of hydrogen-bond donors (Lipinski definition) is 1. The van der Waals surface area contributed by atoms with Crippen LogP contribution in [0.2, 0.25) is 0 Å². The third-order valence-electron chi connectivity index (χ3n) is 9.36. The van der Waals surface area contributed by atoms with Crippen LogP contribution in [0.3, 0.4) is 0 Å². The molecule has 3 aromatic heterocycles. The van der Waals surface area contributed by atoms with Gasteiger partial charge in [0.2, 0.25) is 15.8 Å². The second-order valence-corrected chi connectivity index (χ2v) is 14.4. The number of benzene rings is 1. The number of amides is 1. The first-order valence-corrected chi connectivity index (χ1v) is 17.5. The highest BCUT2D eigenvalue weighted by Crippen LogP contribution is 2.39. The van der Waals surface area contributed by atoms with Gasteiger partial charge >= 0.3 is 5.91 Å². The summed E-state index contributed by atoms with van der Waals surface area (Å²) in [4.78, 5) is 34.4. The lowest BCUT2D eigenvalue weighted by atomic mass is 9.98. The van der Waals surface area contributed by atoms with Crippen molar-refractivity contribution in [3.05, 3.63) is 47.4 Å². The number of ether oxygens (including phenoxy) is 1. The first kappa shape index (κ1) is 28.4. The van der Waals surface area contributed by atoms with Crippen molar-refractivity contribution in [3.8, 4) is 0 Å². The molecular formula is C31H37N9O4S. The number of fused-ring (bicyclic) bond motifs is 2. The molecule has 45 heavy (non-hydrogen) atoms. The van der Waals surface area contributed by atoms with Crippen molar-refractivity contribution in [1.82, 2.24) is 29.3 Å². The van der Waals surface area contributed by atoms with Gasteiger partial charge in [0.15, 0.2) is 5.65 Å². The Kier molecular flexibility index (Phi) is 7.01. The highest BCUT2D eigenvalue weighted by Gasteiger charge is 2.38. The van der Waals surface area contributed by atoms with Gasteiger partial charge in [0.05, 0.1) is 35.7 Å². The zero-order valence-corrected chi connectivity index (χ0v) is 26.2. The molecule has 1 aliphatic carbocycles. The van der Waals surface area contributed by atoms with Gasteiger partial charge in [0.1, 0.15) is 17.5 Å². The lowest BCUT2D eigenvalue weighted by Gasteiger charge is -2.36. The van der Waals surface area contributed by atoms with E-state index < -0.39 is 21.2 Å². The van der Waals surface area contributed by atoms with Crippen LogP contribution in [0.25, 0.3) is 16.6 Å². The number of piperidine rings is 1. The van der Waals surface area contributed by atoms with Gasteiger partial charge in [-0.25, -0.2) is 28.1 Å². The topological polar surface area (TPSA) is 138 Å². The third-order valence-corrected chi connectivity index (χ3v) is 11.2. The van der Waals surface area contributed by atoms with Crippen LogP contribution < -0.4 is 19.4 Å². The number of sulfonamides is 1. The molecule has 4 aromatic rings. The maximum absolute atomic E-state index is 13.3. The minimum Gasteiger partial charge on any atom is -0.378 e. The van der Waals surface area contributed by atoms with E-state index in [1.165, 1.54) is 6.42 Å². The predicted octanol–water partition coefficient (Wildman–Crippen LogP) is 2.98. The van der Waals surface area contributed by atoms with E-state index in [0.717, 1.165) is 79.4 Å². The molecule has 0 bridgehead atoms. The van der Waals surface area contributed by atoms with Gasteiger partial charge < -0.3 is 19.4 Å². The van der Waals surface area contributed by atoms with E-state index in [4.69, 9.17) is 19.8 Å². The second kappa shape index (κ2) is 11.1. The molecule has 1 amide bonds. The molecule has 8 rings (SSSR count). The molecule has 1 aromatic carbocycles. The standard InChI is InChI=1S/C31H37N9O4S/c1-20-6-4-7-22-28(20)30(34-29(32-22)31(41)36-45(42,43)21-9-10-21)39-13-3-2-8-24(39)23-18-26-33-25(37-11-5-12-37)19-27(40(26)35-23)38-14-16-44-17-15-38/h4,6-7,18-19,21,24H,2-3,5,8-17H2,1H3,(H,36,41). The first-order chi connectivity index (χ1) is 21.9. The van der Waals surface area contributed by atoms with Gasteiger partial charge in [-0.1, -0.05) is 12.1 Å². The van der Waals surface area contributed by atoms with E-state index in [1.807, 2.05) is 29.6 Å². The Morgan fingerprint density at radius 2 is 1.76 bits per heavy atom. The van der Waals surface area contributed by atoms with Gasteiger partial charge in [-0.3, -0.25) is 4.79 Å². The molecule has 13 nitrogen and oxygen atoms in total. The number of carbonyl (C=O) groups excluding carboxylic acids is 1. The normalized spacial score (nSPS) is 20.9. The van der Waals surface area contributed by atoms with Gasteiger partial charge in [-0.05, 0) is 57.1 Å². The van der Waals surface area contributed by atoms with Crippen LogP contribution in [0.4, 0.5) is 17.5 Å². The fourth-order valence-electron chi connectivity index (χ4n) is 6.62. The molecule has 1 N–H and O–H groups in total. The van der Waals surface area contributed by atoms with E-state index in [1.54, 1.807) is 0 Å². The highest BCUT2D eigenvalue weighted by atomic mass is 32.2. The first-order valence-electron chi connectivity index (χ1n) is 15.9. The van der Waals surface area contributed by atoms with Crippen molar-refractivity contribution in [2.24, 2.45) is 0 Å². The summed E-state index contributed by atoms with van der Waals surface area (Å²) in [5.41, 5.74) is 3.27. The van der Waals surface area contributed by atoms with Crippen molar-refractivity contribution in [3.63, 3.8) is 0 Å². The molecule has 4 aliphatic rings. The number of carbonyl (C=O) groups is 1. The molecule has 3 saturated heterocycles. The van der Waals surface area contributed by atoms with E-state index in [0.29, 0.717) is 43.9 Å². The summed E-state index contributed by atoms with van der Waals surface area (Å²) in [6.07, 6.45) is 5.11. The molecule has 0 radical (unpaired) electrons. The number of anilines is 3. The minimum absolute atomic E-state index is 0.116. The number of hydrogen-bond acceptors (Lipinski definition) is 11. The molecular weight excluding hydrogens is 594 g/mol. The van der Waals surface area contributed by atoms with E-state index in [9.17, 15) is 13.2 Å². The van der Waals surface area contributed by atoms with Crippen LogP contribution in [0, 0.1) is 6.92 Å². The van der Waals surface area contributed by atoms with Gasteiger partial charge in [0, 0.05) is 50.2 Å². The van der Waals surface area contributed by atoms with Crippen LogP contribution in [-0.2, 0) is 14.8 Å². The Balaban J connectivity index is 1.22. The average Bonchev–Trinajstić information content (AvgIpc) is 3.80. The molecule has 1 saturated carbocycles. The fraction of sp³-hybridized carbons (Fsp3) is 0.516. The largest absolute Gasteiger partial charge is 0.378 e. The monoisotopic (exact) mass is 631 g/mol. The maximum atomic E-state index is 13.3. The molecule has 4 fully saturated rings. The average molecular weight is 632 g/mol. The van der Waals surface area contributed by atoms with Crippen LogP contribution >= 0.6 is 0 Å². The summed E-state index contributed by atoms with van der Waals surface area (Å²) in [5.74, 6) is 1.65. The Bertz CT molecular complexity index is 1900. The predicted molar refractivity (Wildman–Crippen MR) is 170 cm³/mol. The van der Waals surface area contributed by atoms with E-state index in [2.05, 4.69) is 36.5 Å². The quantitative estimate of drug-likeness (QED) is 0.322. The van der Waals surface area contributed by atoms with Crippen LogP contribution in [0.1, 0.15) is 66.4 Å². The Labute approximate surface area is 261 Å². The van der Waals surface area contributed by atoms with Crippen molar-refractivity contribution < 1.29 is 17.9 Å². The number of aryl methyl sites for hydroxylation is 1. The zero-order chi connectivity index (χ0) is 30.7. The Morgan fingerprint density at radius 3 is 2.51 bits per heavy atom. The Hall–Kier alpha value is -4.04. The lowest BCUT2D eigenvalue weighted by molar-refractivity contribution is 0.0971. The smallest absolute Gasteiger partial charge is 0.302 e. The molecule has 6 heterocycles. The maximum Gasteiger partial charge on any atom is 0.302 e. The van der Waals surface area contributed by atoms with Gasteiger partial charge in [-0.2, -0.15) is 9.61 Å². The van der Waals surface area contributed by atoms with Crippen molar-refractivity contribution in [1.29, 1.82) is 0 Å². The Morgan fingerprint density at radius 1 is 0.933 bits per heavy atom. The third kappa shape index (κ3) is 5.23. The van der Waals surface area contributed by atoms with Crippen molar-refractivity contribution in [2.45, 2.75) is 56.7 Å². The van der Waals surface area contributed by atoms with E-state index >= 15 is 0 Å². The van der Waals surface area contributed by atoms with Gasteiger partial charge in [-0.15, -0.1) is 0 Å². The summed E-state index contributed by atoms with van der Waals surface area (Å²) >= 11 is 0. The number of rotatable bonds is 7. The molecule has 14 heteroatoms. The molecule has 1 unspecified atom stereocenters. The van der Waals surface area contributed by atoms with Crippen LogP contribution in [0.5, 0.6) is 0 Å². The molecule has 0 spiro atoms. The molecule has 3 aliphatic heterocycles. The zero-order valence-electron chi connectivity index (χ0n) is 25.4. The minimum atomic E-state index is -3.75. The summed E-state index contributed by atoms with van der Waals surface area (Å²) in [6, 6.07) is 9.86.